The molecule has 25 heavy (non-hydrogen) atoms. The number of amides is 2. The number of rotatable bonds is 5. The Morgan fingerprint density at radius 1 is 1.00 bits per heavy atom. The van der Waals surface area contributed by atoms with Gasteiger partial charge in [0.1, 0.15) is 6.04 Å². The zero-order chi connectivity index (χ0) is 18.1. The van der Waals surface area contributed by atoms with Crippen LogP contribution in [0.5, 0.6) is 0 Å². The Labute approximate surface area is 152 Å². The standard InChI is InChI=1S/C20H35N3O2/c1-2-18(20(25)22-17-13-11-16(21)12-14-17)23-19(24)15-9-7-5-3-4-6-8-10-15/h15,17-18,21H,2-14H2,1H3,(H,22,25)(H,23,24). The van der Waals surface area contributed by atoms with Crippen LogP contribution in [0.25, 0.3) is 0 Å². The maximum Gasteiger partial charge on any atom is 0.242 e. The maximum atomic E-state index is 12.7. The Hall–Kier alpha value is -1.39. The fraction of sp³-hybridized carbons (Fsp3) is 0.850. The second-order valence-corrected chi connectivity index (χ2v) is 7.75. The predicted molar refractivity (Wildman–Crippen MR) is 101 cm³/mol. The Kier molecular flexibility index (Phi) is 8.42. The first-order valence-corrected chi connectivity index (χ1v) is 10.3. The van der Waals surface area contributed by atoms with Gasteiger partial charge in [0, 0.05) is 17.7 Å². The first kappa shape index (κ1) is 19.9. The van der Waals surface area contributed by atoms with Gasteiger partial charge in [0.05, 0.1) is 0 Å². The lowest BCUT2D eigenvalue weighted by Gasteiger charge is -2.27. The highest BCUT2D eigenvalue weighted by Gasteiger charge is 2.26. The van der Waals surface area contributed by atoms with Gasteiger partial charge in [0.25, 0.3) is 0 Å². The summed E-state index contributed by atoms with van der Waals surface area (Å²) < 4.78 is 0. The molecule has 1 unspecified atom stereocenters. The Bertz CT molecular complexity index is 444. The summed E-state index contributed by atoms with van der Waals surface area (Å²) in [7, 11) is 0. The van der Waals surface area contributed by atoms with Gasteiger partial charge in [-0.05, 0) is 44.9 Å². The van der Waals surface area contributed by atoms with E-state index in [1.165, 1.54) is 25.7 Å². The highest BCUT2D eigenvalue weighted by atomic mass is 16.2. The van der Waals surface area contributed by atoms with Gasteiger partial charge in [0.2, 0.25) is 11.8 Å². The van der Waals surface area contributed by atoms with Crippen LogP contribution in [0, 0.1) is 11.3 Å². The van der Waals surface area contributed by atoms with Crippen molar-refractivity contribution in [3.63, 3.8) is 0 Å². The van der Waals surface area contributed by atoms with Gasteiger partial charge in [-0.2, -0.15) is 0 Å². The van der Waals surface area contributed by atoms with Crippen LogP contribution in [0.15, 0.2) is 0 Å². The summed E-state index contributed by atoms with van der Waals surface area (Å²) in [6, 6.07) is -0.279. The number of nitrogens with one attached hydrogen (secondary N) is 3. The van der Waals surface area contributed by atoms with Crippen molar-refractivity contribution >= 4 is 17.5 Å². The highest BCUT2D eigenvalue weighted by molar-refractivity contribution is 5.89. The molecule has 2 fully saturated rings. The van der Waals surface area contributed by atoms with Gasteiger partial charge in [-0.1, -0.05) is 45.4 Å². The molecule has 2 saturated carbocycles. The summed E-state index contributed by atoms with van der Waals surface area (Å²) in [5, 5.41) is 13.8. The first-order valence-electron chi connectivity index (χ1n) is 10.3. The van der Waals surface area contributed by atoms with Crippen molar-refractivity contribution in [3.8, 4) is 0 Å². The summed E-state index contributed by atoms with van der Waals surface area (Å²) in [5.74, 6) is 0.0711. The third-order valence-electron chi connectivity index (χ3n) is 5.70. The topological polar surface area (TPSA) is 82.1 Å². The van der Waals surface area contributed by atoms with Crippen LogP contribution in [0.4, 0.5) is 0 Å². The van der Waals surface area contributed by atoms with Crippen molar-refractivity contribution in [2.75, 3.05) is 0 Å². The maximum absolute atomic E-state index is 12.7. The smallest absolute Gasteiger partial charge is 0.242 e. The molecule has 5 nitrogen and oxygen atoms in total. The average Bonchev–Trinajstić information content (AvgIpc) is 2.75. The largest absolute Gasteiger partial charge is 0.352 e. The number of carbonyl (C=O) groups excluding carboxylic acids is 2. The van der Waals surface area contributed by atoms with Crippen molar-refractivity contribution in [2.45, 2.75) is 102 Å². The third-order valence-corrected chi connectivity index (χ3v) is 5.70. The summed E-state index contributed by atoms with van der Waals surface area (Å²) in [4.78, 5) is 25.2. The van der Waals surface area contributed by atoms with Crippen LogP contribution >= 0.6 is 0 Å². The van der Waals surface area contributed by atoms with E-state index in [-0.39, 0.29) is 23.8 Å². The second kappa shape index (κ2) is 10.6. The molecule has 0 heterocycles. The molecule has 0 spiro atoms. The minimum atomic E-state index is -0.429. The van der Waals surface area contributed by atoms with E-state index in [0.29, 0.717) is 6.42 Å². The second-order valence-electron chi connectivity index (χ2n) is 7.75. The average molecular weight is 350 g/mol. The summed E-state index contributed by atoms with van der Waals surface area (Å²) in [6.07, 6.45) is 13.0. The van der Waals surface area contributed by atoms with Crippen molar-refractivity contribution in [1.29, 1.82) is 5.41 Å². The van der Waals surface area contributed by atoms with Crippen molar-refractivity contribution in [2.24, 2.45) is 5.92 Å². The van der Waals surface area contributed by atoms with E-state index in [4.69, 9.17) is 5.41 Å². The van der Waals surface area contributed by atoms with Gasteiger partial charge in [-0.25, -0.2) is 0 Å². The van der Waals surface area contributed by atoms with Crippen LogP contribution in [-0.4, -0.2) is 29.6 Å². The van der Waals surface area contributed by atoms with E-state index < -0.39 is 6.04 Å². The van der Waals surface area contributed by atoms with Crippen LogP contribution in [-0.2, 0) is 9.59 Å². The Morgan fingerprint density at radius 2 is 1.56 bits per heavy atom. The molecule has 0 saturated heterocycles. The molecule has 5 heteroatoms. The van der Waals surface area contributed by atoms with Gasteiger partial charge in [0.15, 0.2) is 0 Å². The van der Waals surface area contributed by atoms with E-state index in [0.717, 1.165) is 57.1 Å². The van der Waals surface area contributed by atoms with E-state index >= 15 is 0 Å². The Morgan fingerprint density at radius 3 is 2.12 bits per heavy atom. The molecule has 3 N–H and O–H groups in total. The van der Waals surface area contributed by atoms with Gasteiger partial charge in [-0.15, -0.1) is 0 Å². The molecular weight excluding hydrogens is 314 g/mol. The molecule has 2 rings (SSSR count). The van der Waals surface area contributed by atoms with Crippen molar-refractivity contribution < 1.29 is 9.59 Å². The van der Waals surface area contributed by atoms with E-state index in [2.05, 4.69) is 10.6 Å². The van der Waals surface area contributed by atoms with E-state index in [9.17, 15) is 9.59 Å². The molecule has 0 aromatic carbocycles. The normalized spacial score (nSPS) is 24.5. The van der Waals surface area contributed by atoms with Crippen LogP contribution in [0.3, 0.4) is 0 Å². The third kappa shape index (κ3) is 6.79. The lowest BCUT2D eigenvalue weighted by molar-refractivity contribution is -0.132. The van der Waals surface area contributed by atoms with Crippen LogP contribution < -0.4 is 10.6 Å². The van der Waals surface area contributed by atoms with Gasteiger partial charge in [-0.3, -0.25) is 9.59 Å². The van der Waals surface area contributed by atoms with E-state index in [1.54, 1.807) is 0 Å². The predicted octanol–water partition coefficient (Wildman–Crippen LogP) is 3.71. The summed E-state index contributed by atoms with van der Waals surface area (Å²) >= 11 is 0. The molecule has 142 valence electrons. The zero-order valence-corrected chi connectivity index (χ0v) is 15.7. The number of hydrogen-bond acceptors (Lipinski definition) is 3. The quantitative estimate of drug-likeness (QED) is 0.707. The molecule has 0 aromatic rings. The highest BCUT2D eigenvalue weighted by Crippen LogP contribution is 2.22. The zero-order valence-electron chi connectivity index (χ0n) is 15.7. The number of carbonyl (C=O) groups is 2. The minimum absolute atomic E-state index is 0.0580. The lowest BCUT2D eigenvalue weighted by atomic mass is 9.93. The van der Waals surface area contributed by atoms with Crippen LogP contribution in [0.1, 0.15) is 90.4 Å². The molecule has 2 amide bonds. The fourth-order valence-electron chi connectivity index (χ4n) is 3.95. The first-order chi connectivity index (χ1) is 12.1. The minimum Gasteiger partial charge on any atom is -0.352 e. The van der Waals surface area contributed by atoms with Crippen molar-refractivity contribution in [1.82, 2.24) is 10.6 Å². The molecule has 2 aliphatic rings. The molecule has 0 aliphatic heterocycles. The van der Waals surface area contributed by atoms with Crippen LogP contribution in [0.2, 0.25) is 0 Å². The molecule has 1 atom stereocenters. The lowest BCUT2D eigenvalue weighted by Crippen LogP contribution is -2.51. The molecular formula is C20H35N3O2. The summed E-state index contributed by atoms with van der Waals surface area (Å²) in [6.45, 7) is 1.95. The van der Waals surface area contributed by atoms with Gasteiger partial charge < -0.3 is 16.0 Å². The SMILES string of the molecule is CCC(NC(=O)C1CCCCCCCC1)C(=O)NC1CCC(=N)CC1. The summed E-state index contributed by atoms with van der Waals surface area (Å²) in [5.41, 5.74) is 0.783. The van der Waals surface area contributed by atoms with Crippen molar-refractivity contribution in [3.05, 3.63) is 0 Å². The Balaban J connectivity index is 1.82. The molecule has 2 aliphatic carbocycles. The fourth-order valence-corrected chi connectivity index (χ4v) is 3.95. The molecule has 0 radical (unpaired) electrons. The number of hydrogen-bond donors (Lipinski definition) is 3. The van der Waals surface area contributed by atoms with Gasteiger partial charge >= 0.3 is 0 Å². The monoisotopic (exact) mass is 349 g/mol. The molecule has 0 bridgehead atoms. The molecule has 0 aromatic heterocycles. The van der Waals surface area contributed by atoms with E-state index in [1.807, 2.05) is 6.92 Å².